The van der Waals surface area contributed by atoms with E-state index in [2.05, 4.69) is 21.7 Å². The Morgan fingerprint density at radius 2 is 1.79 bits per heavy atom. The van der Waals surface area contributed by atoms with Crippen LogP contribution in [-0.2, 0) is 6.42 Å². The maximum absolute atomic E-state index is 13.6. The van der Waals surface area contributed by atoms with Gasteiger partial charge in [-0.05, 0) is 41.8 Å². The van der Waals surface area contributed by atoms with Crippen molar-refractivity contribution in [2.45, 2.75) is 12.5 Å². The number of Topliss-reactive ketones (excluding diaryl/α,β-unsaturated/α-hetero) is 1. The zero-order chi connectivity index (χ0) is 23.2. The number of H-pyrrole nitrogens is 1. The number of hydrogen-bond donors (Lipinski definition) is 3. The molecule has 3 N–H and O–H groups in total. The van der Waals surface area contributed by atoms with Crippen LogP contribution in [0, 0.1) is 11.3 Å². The van der Waals surface area contributed by atoms with Gasteiger partial charge in [-0.2, -0.15) is 5.26 Å². The Bertz CT molecular complexity index is 1320. The fourth-order valence-corrected chi connectivity index (χ4v) is 3.89. The molecule has 1 atom stereocenters. The second-order valence-corrected chi connectivity index (χ2v) is 7.76. The summed E-state index contributed by atoms with van der Waals surface area (Å²) in [7, 11) is 1.59. The molecule has 0 bridgehead atoms. The molecule has 0 radical (unpaired) electrons. The number of ketones is 1. The van der Waals surface area contributed by atoms with Crippen LogP contribution in [0.4, 0.5) is 0 Å². The average molecular weight is 437 g/mol. The Morgan fingerprint density at radius 3 is 2.48 bits per heavy atom. The molecule has 0 fully saturated rings. The molecule has 0 spiro atoms. The molecule has 6 heteroatoms. The van der Waals surface area contributed by atoms with E-state index < -0.39 is 6.04 Å². The summed E-state index contributed by atoms with van der Waals surface area (Å²) in [5.41, 5.74) is 4.46. The highest BCUT2D eigenvalue weighted by Gasteiger charge is 2.24. The van der Waals surface area contributed by atoms with Crippen molar-refractivity contribution in [1.82, 2.24) is 15.6 Å². The first-order valence-electron chi connectivity index (χ1n) is 10.8. The fourth-order valence-electron chi connectivity index (χ4n) is 3.89. The molecule has 0 aliphatic heterocycles. The van der Waals surface area contributed by atoms with E-state index in [0.29, 0.717) is 23.2 Å². The first-order chi connectivity index (χ1) is 16.1. The van der Waals surface area contributed by atoms with Gasteiger partial charge in [0.15, 0.2) is 5.78 Å². The zero-order valence-corrected chi connectivity index (χ0v) is 18.3. The molecule has 1 heterocycles. The van der Waals surface area contributed by atoms with Crippen molar-refractivity contribution in [3.8, 4) is 6.07 Å². The minimum absolute atomic E-state index is 0.0417. The van der Waals surface area contributed by atoms with Gasteiger partial charge in [0.25, 0.3) is 5.91 Å². The largest absolute Gasteiger partial charge is 0.360 e. The maximum Gasteiger partial charge on any atom is 0.251 e. The molecular weight excluding hydrogens is 412 g/mol. The monoisotopic (exact) mass is 436 g/mol. The van der Waals surface area contributed by atoms with Gasteiger partial charge in [0.05, 0.1) is 17.7 Å². The van der Waals surface area contributed by atoms with Gasteiger partial charge in [-0.25, -0.2) is 0 Å². The number of nitrogens with zero attached hydrogens (tertiary/aromatic N) is 1. The lowest BCUT2D eigenvalue weighted by Gasteiger charge is -2.18. The lowest BCUT2D eigenvalue weighted by molar-refractivity contribution is 0.0942. The van der Waals surface area contributed by atoms with Gasteiger partial charge in [-0.1, -0.05) is 48.5 Å². The number of aromatic amines is 1. The SMILES string of the molecule is CNC(=O)c1ccc2c(C(=O)[C@@H](NCCc3ccc(C#N)cc3)c3ccccc3)c[nH]c2c1. The van der Waals surface area contributed by atoms with Crippen LogP contribution in [0.2, 0.25) is 0 Å². The maximum atomic E-state index is 13.6. The molecule has 4 rings (SSSR count). The Hall–Kier alpha value is -4.21. The zero-order valence-electron chi connectivity index (χ0n) is 18.3. The van der Waals surface area contributed by atoms with E-state index in [-0.39, 0.29) is 11.7 Å². The Morgan fingerprint density at radius 1 is 1.03 bits per heavy atom. The highest BCUT2D eigenvalue weighted by atomic mass is 16.1. The Labute approximate surface area is 192 Å². The van der Waals surface area contributed by atoms with Crippen molar-refractivity contribution >= 4 is 22.6 Å². The van der Waals surface area contributed by atoms with Gasteiger partial charge in [0, 0.05) is 41.8 Å². The van der Waals surface area contributed by atoms with Crippen molar-refractivity contribution in [2.75, 3.05) is 13.6 Å². The standard InChI is InChI=1S/C27H24N4O2/c1-29-27(33)21-11-12-22-23(17-31-24(22)15-21)26(32)25(20-5-3-2-4-6-20)30-14-13-18-7-9-19(16-28)10-8-18/h2-12,15,17,25,30-31H,13-14H2,1H3,(H,29,33)/t25-/m0/s1. The predicted molar refractivity (Wildman–Crippen MR) is 128 cm³/mol. The summed E-state index contributed by atoms with van der Waals surface area (Å²) in [6.07, 6.45) is 2.44. The molecule has 1 amide bonds. The van der Waals surface area contributed by atoms with Gasteiger partial charge < -0.3 is 15.6 Å². The van der Waals surface area contributed by atoms with E-state index in [0.717, 1.165) is 28.5 Å². The number of amides is 1. The number of carbonyl (C=O) groups is 2. The second-order valence-electron chi connectivity index (χ2n) is 7.76. The van der Waals surface area contributed by atoms with Crippen molar-refractivity contribution in [1.29, 1.82) is 5.26 Å². The third-order valence-corrected chi connectivity index (χ3v) is 5.68. The number of fused-ring (bicyclic) bond motifs is 1. The summed E-state index contributed by atoms with van der Waals surface area (Å²) in [6, 6.07) is 24.0. The molecule has 4 aromatic rings. The van der Waals surface area contributed by atoms with Crippen molar-refractivity contribution < 1.29 is 9.59 Å². The second kappa shape index (κ2) is 9.94. The van der Waals surface area contributed by atoms with Crippen LogP contribution in [0.5, 0.6) is 0 Å². The van der Waals surface area contributed by atoms with Gasteiger partial charge >= 0.3 is 0 Å². The molecule has 164 valence electrons. The topological polar surface area (TPSA) is 97.8 Å². The fraction of sp³-hybridized carbons (Fsp3) is 0.148. The molecule has 0 unspecified atom stereocenters. The smallest absolute Gasteiger partial charge is 0.251 e. The minimum Gasteiger partial charge on any atom is -0.360 e. The molecule has 0 aliphatic carbocycles. The van der Waals surface area contributed by atoms with Gasteiger partial charge in [-0.3, -0.25) is 9.59 Å². The van der Waals surface area contributed by atoms with Crippen LogP contribution < -0.4 is 10.6 Å². The molecule has 0 saturated carbocycles. The third-order valence-electron chi connectivity index (χ3n) is 5.68. The number of nitrogens with one attached hydrogen (secondary N) is 3. The summed E-state index contributed by atoms with van der Waals surface area (Å²) >= 11 is 0. The van der Waals surface area contributed by atoms with Crippen LogP contribution in [-0.4, -0.2) is 30.3 Å². The van der Waals surface area contributed by atoms with Gasteiger partial charge in [0.2, 0.25) is 0 Å². The molecule has 0 aliphatic rings. The van der Waals surface area contributed by atoms with Crippen molar-refractivity contribution in [3.05, 3.63) is 107 Å². The van der Waals surface area contributed by atoms with Crippen LogP contribution in [0.15, 0.2) is 79.0 Å². The molecule has 6 nitrogen and oxygen atoms in total. The Balaban J connectivity index is 1.57. The van der Waals surface area contributed by atoms with Crippen molar-refractivity contribution in [3.63, 3.8) is 0 Å². The summed E-state index contributed by atoms with van der Waals surface area (Å²) in [5.74, 6) is -0.217. The van der Waals surface area contributed by atoms with Gasteiger partial charge in [-0.15, -0.1) is 0 Å². The van der Waals surface area contributed by atoms with Crippen LogP contribution in [0.25, 0.3) is 10.9 Å². The first kappa shape index (κ1) is 22.0. The number of carbonyl (C=O) groups excluding carboxylic acids is 2. The van der Waals surface area contributed by atoms with Crippen LogP contribution in [0.3, 0.4) is 0 Å². The molecular formula is C27H24N4O2. The lowest BCUT2D eigenvalue weighted by atomic mass is 9.96. The number of aromatic nitrogens is 1. The number of benzene rings is 3. The minimum atomic E-state index is -0.512. The average Bonchev–Trinajstić information content (AvgIpc) is 3.30. The molecule has 33 heavy (non-hydrogen) atoms. The Kier molecular flexibility index (Phi) is 6.63. The third kappa shape index (κ3) is 4.84. The normalized spacial score (nSPS) is 11.6. The quantitative estimate of drug-likeness (QED) is 0.361. The van der Waals surface area contributed by atoms with E-state index in [1.807, 2.05) is 48.5 Å². The van der Waals surface area contributed by atoms with Crippen LogP contribution >= 0.6 is 0 Å². The van der Waals surface area contributed by atoms with E-state index in [1.54, 1.807) is 37.5 Å². The molecule has 0 saturated heterocycles. The highest BCUT2D eigenvalue weighted by Crippen LogP contribution is 2.26. The first-order valence-corrected chi connectivity index (χ1v) is 10.8. The van der Waals surface area contributed by atoms with Crippen molar-refractivity contribution in [2.24, 2.45) is 0 Å². The summed E-state index contributed by atoms with van der Waals surface area (Å²) in [4.78, 5) is 28.7. The van der Waals surface area contributed by atoms with E-state index in [9.17, 15) is 9.59 Å². The number of rotatable bonds is 8. The number of hydrogen-bond acceptors (Lipinski definition) is 4. The summed E-state index contributed by atoms with van der Waals surface area (Å²) in [6.45, 7) is 0.598. The summed E-state index contributed by atoms with van der Waals surface area (Å²) < 4.78 is 0. The van der Waals surface area contributed by atoms with E-state index in [4.69, 9.17) is 5.26 Å². The highest BCUT2D eigenvalue weighted by molar-refractivity contribution is 6.11. The van der Waals surface area contributed by atoms with Crippen LogP contribution in [0.1, 0.15) is 43.4 Å². The van der Waals surface area contributed by atoms with E-state index in [1.165, 1.54) is 0 Å². The molecule has 1 aromatic heterocycles. The summed E-state index contributed by atoms with van der Waals surface area (Å²) in [5, 5.41) is 15.8. The van der Waals surface area contributed by atoms with Gasteiger partial charge in [0.1, 0.15) is 0 Å². The van der Waals surface area contributed by atoms with E-state index >= 15 is 0 Å². The lowest BCUT2D eigenvalue weighted by Crippen LogP contribution is -2.30. The number of nitriles is 1. The predicted octanol–water partition coefficient (Wildman–Crippen LogP) is 4.16. The molecule has 3 aromatic carbocycles.